The van der Waals surface area contributed by atoms with E-state index in [1.165, 1.54) is 11.6 Å². The topological polar surface area (TPSA) is 72.2 Å². The molecule has 0 fully saturated rings. The summed E-state index contributed by atoms with van der Waals surface area (Å²) in [6.07, 6.45) is 0.875. The molecule has 0 aliphatic heterocycles. The zero-order chi connectivity index (χ0) is 14.6. The summed E-state index contributed by atoms with van der Waals surface area (Å²) in [5.74, 6) is 0. The zero-order valence-electron chi connectivity index (χ0n) is 11.3. The van der Waals surface area contributed by atoms with E-state index in [2.05, 4.69) is 17.4 Å². The number of anilines is 1. The molecule has 0 spiro atoms. The summed E-state index contributed by atoms with van der Waals surface area (Å²) >= 11 is 0. The van der Waals surface area contributed by atoms with Gasteiger partial charge >= 0.3 is 0 Å². The van der Waals surface area contributed by atoms with Gasteiger partial charge in [0.15, 0.2) is 0 Å². The summed E-state index contributed by atoms with van der Waals surface area (Å²) in [7, 11) is -3.67. The van der Waals surface area contributed by atoms with E-state index < -0.39 is 10.0 Å². The minimum atomic E-state index is -3.67. The molecule has 2 aromatic rings. The van der Waals surface area contributed by atoms with Crippen molar-refractivity contribution in [2.75, 3.05) is 11.9 Å². The van der Waals surface area contributed by atoms with E-state index in [4.69, 9.17) is 5.14 Å². The van der Waals surface area contributed by atoms with Crippen LogP contribution in [0.2, 0.25) is 0 Å². The summed E-state index contributed by atoms with van der Waals surface area (Å²) in [5.41, 5.74) is 2.69. The number of rotatable bonds is 5. The third-order valence-electron chi connectivity index (χ3n) is 3.16. The van der Waals surface area contributed by atoms with Gasteiger partial charge in [0.05, 0.1) is 4.90 Å². The molecule has 5 heteroatoms. The van der Waals surface area contributed by atoms with E-state index in [1.807, 2.05) is 24.3 Å². The quantitative estimate of drug-likeness (QED) is 0.887. The Labute approximate surface area is 119 Å². The summed E-state index contributed by atoms with van der Waals surface area (Å²) in [4.78, 5) is 0.169. The molecule has 0 bridgehead atoms. The smallest absolute Gasteiger partial charge is 0.238 e. The summed E-state index contributed by atoms with van der Waals surface area (Å²) in [6, 6.07) is 15.2. The highest BCUT2D eigenvalue weighted by molar-refractivity contribution is 7.89. The Kier molecular flexibility index (Phi) is 4.42. The van der Waals surface area contributed by atoms with Crippen molar-refractivity contribution in [3.8, 4) is 0 Å². The first-order valence-electron chi connectivity index (χ1n) is 6.38. The van der Waals surface area contributed by atoms with Crippen LogP contribution in [-0.2, 0) is 16.4 Å². The van der Waals surface area contributed by atoms with Gasteiger partial charge in [0.2, 0.25) is 10.0 Å². The van der Waals surface area contributed by atoms with Crippen molar-refractivity contribution < 1.29 is 8.42 Å². The highest BCUT2D eigenvalue weighted by atomic mass is 32.2. The van der Waals surface area contributed by atoms with Crippen LogP contribution in [0, 0.1) is 6.92 Å². The molecule has 0 radical (unpaired) electrons. The summed E-state index contributed by atoms with van der Waals surface area (Å²) < 4.78 is 22.9. The maximum Gasteiger partial charge on any atom is 0.238 e. The van der Waals surface area contributed by atoms with Gasteiger partial charge in [0.25, 0.3) is 0 Å². The van der Waals surface area contributed by atoms with Crippen LogP contribution in [0.25, 0.3) is 0 Å². The lowest BCUT2D eigenvalue weighted by Gasteiger charge is -2.12. The Bertz CT molecular complexity index is 682. The highest BCUT2D eigenvalue weighted by Gasteiger charge is 2.13. The van der Waals surface area contributed by atoms with Crippen LogP contribution in [0.15, 0.2) is 53.4 Å². The standard InChI is InChI=1S/C15H18N2O2S/c1-12-14(8-5-9-15(12)20(16,18)19)17-11-10-13-6-3-2-4-7-13/h2-9,17H,10-11H2,1H3,(H2,16,18,19). The van der Waals surface area contributed by atoms with Crippen molar-refractivity contribution in [2.24, 2.45) is 5.14 Å². The van der Waals surface area contributed by atoms with Crippen LogP contribution in [0.1, 0.15) is 11.1 Å². The molecule has 4 nitrogen and oxygen atoms in total. The van der Waals surface area contributed by atoms with Crippen molar-refractivity contribution in [2.45, 2.75) is 18.2 Å². The first kappa shape index (κ1) is 14.6. The monoisotopic (exact) mass is 290 g/mol. The van der Waals surface area contributed by atoms with E-state index in [-0.39, 0.29) is 4.90 Å². The number of benzene rings is 2. The average Bonchev–Trinajstić information content (AvgIpc) is 2.40. The van der Waals surface area contributed by atoms with Crippen LogP contribution in [0.5, 0.6) is 0 Å². The average molecular weight is 290 g/mol. The third kappa shape index (κ3) is 3.59. The number of hydrogen-bond acceptors (Lipinski definition) is 3. The molecule has 0 saturated heterocycles. The van der Waals surface area contributed by atoms with E-state index in [1.54, 1.807) is 13.0 Å². The van der Waals surface area contributed by atoms with Crippen LogP contribution in [0.3, 0.4) is 0 Å². The van der Waals surface area contributed by atoms with E-state index in [0.29, 0.717) is 5.56 Å². The fraction of sp³-hybridized carbons (Fsp3) is 0.200. The van der Waals surface area contributed by atoms with Gasteiger partial charge in [0.1, 0.15) is 0 Å². The lowest BCUT2D eigenvalue weighted by Crippen LogP contribution is -2.15. The van der Waals surface area contributed by atoms with Gasteiger partial charge in [0, 0.05) is 12.2 Å². The third-order valence-corrected chi connectivity index (χ3v) is 4.22. The Morgan fingerprint density at radius 3 is 2.40 bits per heavy atom. The fourth-order valence-electron chi connectivity index (χ4n) is 2.10. The van der Waals surface area contributed by atoms with Gasteiger partial charge in [-0.3, -0.25) is 0 Å². The second kappa shape index (κ2) is 6.07. The van der Waals surface area contributed by atoms with Crippen molar-refractivity contribution in [1.82, 2.24) is 0 Å². The molecule has 2 aromatic carbocycles. The molecule has 3 N–H and O–H groups in total. The Balaban J connectivity index is 2.07. The molecule has 0 aliphatic carbocycles. The van der Waals surface area contributed by atoms with Gasteiger partial charge in [-0.25, -0.2) is 13.6 Å². The second-order valence-corrected chi connectivity index (χ2v) is 6.17. The van der Waals surface area contributed by atoms with Gasteiger partial charge in [-0.05, 0) is 36.6 Å². The minimum absolute atomic E-state index is 0.169. The number of nitrogens with one attached hydrogen (secondary N) is 1. The lowest BCUT2D eigenvalue weighted by molar-refractivity contribution is 0.597. The second-order valence-electron chi connectivity index (χ2n) is 4.64. The first-order valence-corrected chi connectivity index (χ1v) is 7.93. The van der Waals surface area contributed by atoms with E-state index in [9.17, 15) is 8.42 Å². The van der Waals surface area contributed by atoms with Gasteiger partial charge in [-0.2, -0.15) is 0 Å². The Morgan fingerprint density at radius 2 is 1.75 bits per heavy atom. The number of primary sulfonamides is 1. The molecule has 0 amide bonds. The van der Waals surface area contributed by atoms with Crippen LogP contribution in [0.4, 0.5) is 5.69 Å². The molecule has 0 aliphatic rings. The normalized spacial score (nSPS) is 11.3. The van der Waals surface area contributed by atoms with Gasteiger partial charge in [-0.1, -0.05) is 36.4 Å². The maximum absolute atomic E-state index is 11.5. The van der Waals surface area contributed by atoms with Crippen molar-refractivity contribution in [1.29, 1.82) is 0 Å². The molecule has 20 heavy (non-hydrogen) atoms. The molecule has 0 heterocycles. The minimum Gasteiger partial charge on any atom is -0.384 e. The SMILES string of the molecule is Cc1c(NCCc2ccccc2)cccc1S(N)(=O)=O. The summed E-state index contributed by atoms with van der Waals surface area (Å²) in [6.45, 7) is 2.49. The van der Waals surface area contributed by atoms with Crippen LogP contribution < -0.4 is 10.5 Å². The van der Waals surface area contributed by atoms with Crippen molar-refractivity contribution in [3.63, 3.8) is 0 Å². The number of sulfonamides is 1. The molecular weight excluding hydrogens is 272 g/mol. The Hall–Kier alpha value is -1.85. The van der Waals surface area contributed by atoms with Gasteiger partial charge < -0.3 is 5.32 Å². The molecule has 0 aromatic heterocycles. The fourth-order valence-corrected chi connectivity index (χ4v) is 2.91. The molecule has 0 unspecified atom stereocenters. The van der Waals surface area contributed by atoms with Crippen LogP contribution in [-0.4, -0.2) is 15.0 Å². The molecular formula is C15H18N2O2S. The van der Waals surface area contributed by atoms with Gasteiger partial charge in [-0.15, -0.1) is 0 Å². The molecule has 2 rings (SSSR count). The zero-order valence-corrected chi connectivity index (χ0v) is 12.2. The molecule has 106 valence electrons. The maximum atomic E-state index is 11.5. The number of nitrogens with two attached hydrogens (primary N) is 1. The summed E-state index contributed by atoms with van der Waals surface area (Å²) in [5, 5.41) is 8.44. The molecule has 0 atom stereocenters. The first-order chi connectivity index (χ1) is 9.48. The van der Waals surface area contributed by atoms with Crippen molar-refractivity contribution in [3.05, 3.63) is 59.7 Å². The predicted octanol–water partition coefficient (Wildman–Crippen LogP) is 2.30. The van der Waals surface area contributed by atoms with E-state index >= 15 is 0 Å². The largest absolute Gasteiger partial charge is 0.384 e. The molecule has 0 saturated carbocycles. The van der Waals surface area contributed by atoms with E-state index in [0.717, 1.165) is 18.7 Å². The lowest BCUT2D eigenvalue weighted by atomic mass is 10.1. The van der Waals surface area contributed by atoms with Crippen molar-refractivity contribution >= 4 is 15.7 Å². The van der Waals surface area contributed by atoms with Crippen LogP contribution >= 0.6 is 0 Å². The Morgan fingerprint density at radius 1 is 1.05 bits per heavy atom. The number of hydrogen-bond donors (Lipinski definition) is 2. The predicted molar refractivity (Wildman–Crippen MR) is 81.2 cm³/mol. The highest BCUT2D eigenvalue weighted by Crippen LogP contribution is 2.21.